The maximum absolute atomic E-state index is 5.20. The van der Waals surface area contributed by atoms with E-state index in [4.69, 9.17) is 4.74 Å². The Kier molecular flexibility index (Phi) is 6.33. The topological polar surface area (TPSA) is 43.2 Å². The number of aryl methyl sites for hydroxylation is 1. The van der Waals surface area contributed by atoms with Crippen molar-refractivity contribution in [1.29, 1.82) is 0 Å². The number of hydrogen-bond donors (Lipinski definition) is 0. The van der Waals surface area contributed by atoms with E-state index < -0.39 is 0 Å². The van der Waals surface area contributed by atoms with E-state index in [1.807, 2.05) is 42.1 Å². The molecule has 0 aromatic carbocycles. The third kappa shape index (κ3) is 4.98. The second-order valence-corrected chi connectivity index (χ2v) is 7.02. The Morgan fingerprint density at radius 1 is 1.12 bits per heavy atom. The molecular weight excluding hydrogens is 332 g/mol. The molecule has 0 radical (unpaired) electrons. The van der Waals surface area contributed by atoms with Gasteiger partial charge in [-0.05, 0) is 36.1 Å². The molecule has 0 aliphatic heterocycles. The van der Waals surface area contributed by atoms with Crippen molar-refractivity contribution in [2.24, 2.45) is 0 Å². The Balaban J connectivity index is 1.76. The third-order valence-corrected chi connectivity index (χ3v) is 5.16. The highest BCUT2D eigenvalue weighted by atomic mass is 32.1. The van der Waals surface area contributed by atoms with Crippen LogP contribution in [0.2, 0.25) is 0 Å². The molecule has 0 aliphatic carbocycles. The van der Waals surface area contributed by atoms with Crippen molar-refractivity contribution in [2.45, 2.75) is 33.1 Å². The van der Waals surface area contributed by atoms with E-state index in [-0.39, 0.29) is 0 Å². The van der Waals surface area contributed by atoms with Crippen molar-refractivity contribution in [1.82, 2.24) is 19.4 Å². The summed E-state index contributed by atoms with van der Waals surface area (Å²) in [5.41, 5.74) is 2.42. The fraction of sp³-hybridized carbons (Fsp3) is 0.368. The molecule has 0 N–H and O–H groups in total. The lowest BCUT2D eigenvalue weighted by molar-refractivity contribution is 0.182. The number of methoxy groups -OCH3 is 1. The van der Waals surface area contributed by atoms with Crippen molar-refractivity contribution < 1.29 is 4.74 Å². The van der Waals surface area contributed by atoms with Crippen molar-refractivity contribution in [3.8, 4) is 0 Å². The van der Waals surface area contributed by atoms with Gasteiger partial charge in [0, 0.05) is 50.2 Å². The maximum atomic E-state index is 5.20. The van der Waals surface area contributed by atoms with Crippen LogP contribution in [0.3, 0.4) is 0 Å². The summed E-state index contributed by atoms with van der Waals surface area (Å²) in [6.45, 7) is 6.16. The summed E-state index contributed by atoms with van der Waals surface area (Å²) in [5, 5.41) is 2.16. The van der Waals surface area contributed by atoms with Gasteiger partial charge in [-0.1, -0.05) is 6.07 Å². The summed E-state index contributed by atoms with van der Waals surface area (Å²) in [4.78, 5) is 12.8. The average Bonchev–Trinajstić information content (AvgIpc) is 3.23. The molecule has 3 aromatic rings. The van der Waals surface area contributed by atoms with Crippen LogP contribution in [0, 0.1) is 6.92 Å². The molecule has 0 spiro atoms. The minimum atomic E-state index is 0.688. The zero-order valence-corrected chi connectivity index (χ0v) is 15.6. The van der Waals surface area contributed by atoms with Crippen molar-refractivity contribution in [2.75, 3.05) is 13.7 Å². The summed E-state index contributed by atoms with van der Waals surface area (Å²) in [6, 6.07) is 8.25. The minimum absolute atomic E-state index is 0.688. The molecule has 3 heterocycles. The fourth-order valence-corrected chi connectivity index (χ4v) is 3.69. The van der Waals surface area contributed by atoms with E-state index in [1.165, 1.54) is 10.4 Å². The summed E-state index contributed by atoms with van der Waals surface area (Å²) in [5.74, 6) is 1.06. The Bertz CT molecular complexity index is 769. The molecule has 132 valence electrons. The fourth-order valence-electron chi connectivity index (χ4n) is 2.74. The van der Waals surface area contributed by atoms with Gasteiger partial charge in [-0.15, -0.1) is 11.3 Å². The highest BCUT2D eigenvalue weighted by molar-refractivity contribution is 7.10. The molecular formula is C19H24N4OS. The Morgan fingerprint density at radius 3 is 2.76 bits per heavy atom. The number of aromatic nitrogens is 3. The quantitative estimate of drug-likeness (QED) is 0.589. The predicted octanol–water partition coefficient (Wildman–Crippen LogP) is 3.50. The molecule has 0 amide bonds. The van der Waals surface area contributed by atoms with E-state index in [9.17, 15) is 0 Å². The minimum Gasteiger partial charge on any atom is -0.383 e. The molecule has 0 bridgehead atoms. The van der Waals surface area contributed by atoms with Gasteiger partial charge in [0.25, 0.3) is 0 Å². The van der Waals surface area contributed by atoms with Gasteiger partial charge >= 0.3 is 0 Å². The first-order valence-electron chi connectivity index (χ1n) is 8.40. The molecule has 0 fully saturated rings. The summed E-state index contributed by atoms with van der Waals surface area (Å²) >= 11 is 1.81. The number of hydrogen-bond acceptors (Lipinski definition) is 5. The zero-order valence-electron chi connectivity index (χ0n) is 14.8. The van der Waals surface area contributed by atoms with Crippen molar-refractivity contribution >= 4 is 11.3 Å². The SMILES string of the molecule is COCCn1ccnc1CN(Cc1ccccn1)Cc1sccc1C. The first-order chi connectivity index (χ1) is 12.3. The summed E-state index contributed by atoms with van der Waals surface area (Å²) < 4.78 is 7.36. The Labute approximate surface area is 152 Å². The normalized spacial score (nSPS) is 11.3. The zero-order chi connectivity index (χ0) is 17.5. The van der Waals surface area contributed by atoms with Crippen LogP contribution in [-0.2, 0) is 30.9 Å². The second-order valence-electron chi connectivity index (χ2n) is 6.02. The average molecular weight is 356 g/mol. The van der Waals surface area contributed by atoms with Gasteiger partial charge in [0.1, 0.15) is 5.82 Å². The number of nitrogens with zero attached hydrogens (tertiary/aromatic N) is 4. The van der Waals surface area contributed by atoms with Gasteiger partial charge in [-0.2, -0.15) is 0 Å². The van der Waals surface area contributed by atoms with Crippen LogP contribution in [0.1, 0.15) is 22.0 Å². The molecule has 3 rings (SSSR count). The molecule has 0 aliphatic rings. The molecule has 0 atom stereocenters. The lowest BCUT2D eigenvalue weighted by atomic mass is 10.2. The molecule has 0 saturated carbocycles. The monoisotopic (exact) mass is 356 g/mol. The lowest BCUT2D eigenvalue weighted by Gasteiger charge is -2.22. The molecule has 0 unspecified atom stereocenters. The van der Waals surface area contributed by atoms with Crippen LogP contribution in [0.25, 0.3) is 0 Å². The molecule has 5 nitrogen and oxygen atoms in total. The van der Waals surface area contributed by atoms with Crippen LogP contribution in [0.15, 0.2) is 48.2 Å². The largest absolute Gasteiger partial charge is 0.383 e. The maximum Gasteiger partial charge on any atom is 0.122 e. The van der Waals surface area contributed by atoms with Crippen LogP contribution in [0.4, 0.5) is 0 Å². The van der Waals surface area contributed by atoms with Gasteiger partial charge in [-0.25, -0.2) is 4.98 Å². The molecule has 3 aromatic heterocycles. The van der Waals surface area contributed by atoms with Crippen LogP contribution < -0.4 is 0 Å². The third-order valence-electron chi connectivity index (χ3n) is 4.15. The summed E-state index contributed by atoms with van der Waals surface area (Å²) in [6.07, 6.45) is 5.73. The number of ether oxygens (including phenoxy) is 1. The predicted molar refractivity (Wildman–Crippen MR) is 100 cm³/mol. The molecule has 0 saturated heterocycles. The first-order valence-corrected chi connectivity index (χ1v) is 9.28. The Hall–Kier alpha value is -2.02. The van der Waals surface area contributed by atoms with Gasteiger partial charge in [-0.3, -0.25) is 9.88 Å². The van der Waals surface area contributed by atoms with E-state index in [1.54, 1.807) is 7.11 Å². The number of thiophene rings is 1. The standard InChI is InChI=1S/C19H24N4OS/c1-16-6-12-25-18(16)14-22(13-17-5-3-4-7-20-17)15-19-21-8-9-23(19)10-11-24-2/h3-9,12H,10-11,13-15H2,1-2H3. The second kappa shape index (κ2) is 8.89. The van der Waals surface area contributed by atoms with Gasteiger partial charge in [0.2, 0.25) is 0 Å². The highest BCUT2D eigenvalue weighted by Gasteiger charge is 2.14. The molecule has 6 heteroatoms. The van der Waals surface area contributed by atoms with Gasteiger partial charge in [0.15, 0.2) is 0 Å². The van der Waals surface area contributed by atoms with E-state index in [0.717, 1.165) is 37.7 Å². The highest BCUT2D eigenvalue weighted by Crippen LogP contribution is 2.20. The van der Waals surface area contributed by atoms with Crippen LogP contribution in [-0.4, -0.2) is 33.2 Å². The van der Waals surface area contributed by atoms with E-state index in [0.29, 0.717) is 6.61 Å². The number of rotatable bonds is 9. The van der Waals surface area contributed by atoms with Gasteiger partial charge in [0.05, 0.1) is 18.8 Å². The van der Waals surface area contributed by atoms with Crippen LogP contribution >= 0.6 is 11.3 Å². The smallest absolute Gasteiger partial charge is 0.122 e. The number of imidazole rings is 1. The number of pyridine rings is 1. The van der Waals surface area contributed by atoms with E-state index >= 15 is 0 Å². The van der Waals surface area contributed by atoms with Crippen molar-refractivity contribution in [3.05, 3.63) is 70.2 Å². The summed E-state index contributed by atoms with van der Waals surface area (Å²) in [7, 11) is 1.73. The Morgan fingerprint density at radius 2 is 2.04 bits per heavy atom. The lowest BCUT2D eigenvalue weighted by Crippen LogP contribution is -2.25. The molecule has 25 heavy (non-hydrogen) atoms. The van der Waals surface area contributed by atoms with Crippen molar-refractivity contribution in [3.63, 3.8) is 0 Å². The first kappa shape index (κ1) is 17.8. The van der Waals surface area contributed by atoms with Crippen LogP contribution in [0.5, 0.6) is 0 Å². The van der Waals surface area contributed by atoms with Gasteiger partial charge < -0.3 is 9.30 Å². The van der Waals surface area contributed by atoms with E-state index in [2.05, 4.69) is 43.9 Å².